The number of nitrogen functional groups attached to an aromatic ring is 1. The van der Waals surface area contributed by atoms with E-state index < -0.39 is 29.9 Å². The lowest BCUT2D eigenvalue weighted by Crippen LogP contribution is -2.55. The molecule has 2 heterocycles. The predicted octanol–water partition coefficient (Wildman–Crippen LogP) is 4.31. The van der Waals surface area contributed by atoms with Gasteiger partial charge in [0.2, 0.25) is 0 Å². The lowest BCUT2D eigenvalue weighted by atomic mass is 9.87. The van der Waals surface area contributed by atoms with Crippen molar-refractivity contribution in [1.29, 1.82) is 0 Å². The molecule has 166 valence electrons. The van der Waals surface area contributed by atoms with Crippen molar-refractivity contribution in [2.24, 2.45) is 0 Å². The van der Waals surface area contributed by atoms with E-state index in [-0.39, 0.29) is 22.8 Å². The number of nitrogens with zero attached hydrogens (tertiary/aromatic N) is 3. The molecule has 1 aliphatic rings. The first-order valence-corrected chi connectivity index (χ1v) is 9.86. The summed E-state index contributed by atoms with van der Waals surface area (Å²) in [6.45, 7) is 0. The Hall–Kier alpha value is -3.66. The number of pyridine rings is 2. The lowest BCUT2D eigenvalue weighted by molar-refractivity contribution is -0.137. The first kappa shape index (κ1) is 21.6. The van der Waals surface area contributed by atoms with Gasteiger partial charge in [-0.05, 0) is 49.2 Å². The van der Waals surface area contributed by atoms with Crippen molar-refractivity contribution in [2.75, 3.05) is 16.0 Å². The van der Waals surface area contributed by atoms with E-state index in [1.165, 1.54) is 35.4 Å². The normalized spacial score (nSPS) is 18.0. The van der Waals surface area contributed by atoms with Gasteiger partial charge in [-0.1, -0.05) is 12.1 Å². The maximum atomic E-state index is 13.1. The third kappa shape index (κ3) is 4.35. The van der Waals surface area contributed by atoms with Crippen LogP contribution in [0, 0.1) is 0 Å². The van der Waals surface area contributed by atoms with Crippen LogP contribution in [0.5, 0.6) is 0 Å². The zero-order chi connectivity index (χ0) is 22.9. The molecule has 0 bridgehead atoms. The number of carbonyl (C=O) groups excluding carboxylic acids is 1. The van der Waals surface area contributed by atoms with Crippen LogP contribution in [0.25, 0.3) is 11.3 Å². The molecule has 0 spiro atoms. The molecular formula is C22H20F3N5O2. The van der Waals surface area contributed by atoms with Crippen LogP contribution in [0.3, 0.4) is 0 Å². The van der Waals surface area contributed by atoms with Crippen molar-refractivity contribution in [2.45, 2.75) is 31.2 Å². The summed E-state index contributed by atoms with van der Waals surface area (Å²) in [5, 5.41) is 12.9. The Morgan fingerprint density at radius 3 is 2.59 bits per heavy atom. The maximum Gasteiger partial charge on any atom is 0.416 e. The van der Waals surface area contributed by atoms with E-state index >= 15 is 0 Å². The number of halogens is 3. The molecule has 1 fully saturated rings. The van der Waals surface area contributed by atoms with Crippen molar-refractivity contribution in [3.63, 3.8) is 0 Å². The number of aliphatic hydroxyl groups is 1. The van der Waals surface area contributed by atoms with Gasteiger partial charge in [-0.2, -0.15) is 13.2 Å². The third-order valence-corrected chi connectivity index (χ3v) is 5.28. The number of rotatable bonds is 4. The number of aromatic nitrogens is 2. The summed E-state index contributed by atoms with van der Waals surface area (Å²) in [4.78, 5) is 22.7. The van der Waals surface area contributed by atoms with Crippen LogP contribution in [0.15, 0.2) is 60.9 Å². The van der Waals surface area contributed by atoms with Gasteiger partial charge in [0.15, 0.2) is 5.82 Å². The number of nitrogens with one attached hydrogen (secondary N) is 1. The highest BCUT2D eigenvalue weighted by Crippen LogP contribution is 2.36. The van der Waals surface area contributed by atoms with Crippen LogP contribution in [0.1, 0.15) is 18.4 Å². The predicted molar refractivity (Wildman–Crippen MR) is 114 cm³/mol. The van der Waals surface area contributed by atoms with Crippen molar-refractivity contribution in [3.05, 3.63) is 66.5 Å². The minimum atomic E-state index is -4.50. The minimum absolute atomic E-state index is 0.0602. The van der Waals surface area contributed by atoms with Gasteiger partial charge in [0.1, 0.15) is 0 Å². The molecule has 3 aromatic rings. The third-order valence-electron chi connectivity index (χ3n) is 5.28. The Bertz CT molecular complexity index is 1120. The number of carbonyl (C=O) groups is 1. The second-order valence-electron chi connectivity index (χ2n) is 7.44. The standard InChI is InChI=1S/C22H20F3N5O2/c23-22(24,25)14-4-1-3-13(11-14)17-7-6-16(26)20(29-17)30(18-8-9-19(18)31)21(32)28-15-5-2-10-27-12-15/h1-7,10-12,18-19,31H,8-9,26H2,(H,28,32)/t18?,19-/m1/s1. The Morgan fingerprint density at radius 2 is 1.97 bits per heavy atom. The van der Waals surface area contributed by atoms with Gasteiger partial charge in [0, 0.05) is 11.8 Å². The van der Waals surface area contributed by atoms with E-state index in [0.29, 0.717) is 18.5 Å². The number of nitrogens with two attached hydrogens (primary N) is 1. The van der Waals surface area contributed by atoms with Crippen LogP contribution in [-0.4, -0.2) is 33.3 Å². The minimum Gasteiger partial charge on any atom is -0.396 e. The van der Waals surface area contributed by atoms with Gasteiger partial charge < -0.3 is 16.2 Å². The fourth-order valence-corrected chi connectivity index (χ4v) is 3.46. The van der Waals surface area contributed by atoms with Crippen molar-refractivity contribution >= 4 is 23.2 Å². The van der Waals surface area contributed by atoms with Crippen LogP contribution in [-0.2, 0) is 6.18 Å². The number of amides is 2. The number of urea groups is 1. The van der Waals surface area contributed by atoms with Gasteiger partial charge in [-0.15, -0.1) is 0 Å². The molecule has 2 aromatic heterocycles. The van der Waals surface area contributed by atoms with Gasteiger partial charge in [0.25, 0.3) is 0 Å². The van der Waals surface area contributed by atoms with E-state index in [4.69, 9.17) is 5.73 Å². The largest absolute Gasteiger partial charge is 0.416 e. The zero-order valence-electron chi connectivity index (χ0n) is 16.8. The Balaban J connectivity index is 1.73. The molecule has 10 heteroatoms. The number of anilines is 3. The average molecular weight is 443 g/mol. The van der Waals surface area contributed by atoms with Crippen LogP contribution >= 0.6 is 0 Å². The first-order valence-electron chi connectivity index (χ1n) is 9.86. The molecule has 2 atom stereocenters. The van der Waals surface area contributed by atoms with Crippen molar-refractivity contribution in [1.82, 2.24) is 9.97 Å². The summed E-state index contributed by atoms with van der Waals surface area (Å²) >= 11 is 0. The highest BCUT2D eigenvalue weighted by Gasteiger charge is 2.39. The molecule has 1 saturated carbocycles. The number of aliphatic hydroxyl groups excluding tert-OH is 1. The van der Waals surface area contributed by atoms with Gasteiger partial charge in [-0.25, -0.2) is 9.78 Å². The smallest absolute Gasteiger partial charge is 0.396 e. The first-order chi connectivity index (χ1) is 15.2. The van der Waals surface area contributed by atoms with E-state index in [2.05, 4.69) is 15.3 Å². The molecule has 32 heavy (non-hydrogen) atoms. The average Bonchev–Trinajstić information content (AvgIpc) is 2.77. The number of benzene rings is 1. The Morgan fingerprint density at radius 1 is 1.16 bits per heavy atom. The molecule has 1 aliphatic carbocycles. The van der Waals surface area contributed by atoms with E-state index in [9.17, 15) is 23.1 Å². The second-order valence-corrected chi connectivity index (χ2v) is 7.44. The summed E-state index contributed by atoms with van der Waals surface area (Å²) in [5.41, 5.74) is 6.32. The van der Waals surface area contributed by atoms with Gasteiger partial charge in [-0.3, -0.25) is 9.88 Å². The lowest BCUT2D eigenvalue weighted by Gasteiger charge is -2.41. The number of alkyl halides is 3. The molecule has 0 aliphatic heterocycles. The molecule has 0 saturated heterocycles. The summed E-state index contributed by atoms with van der Waals surface area (Å²) in [6.07, 6.45) is -1.22. The van der Waals surface area contributed by atoms with E-state index in [0.717, 1.165) is 12.1 Å². The Labute approximate surface area is 181 Å². The van der Waals surface area contributed by atoms with Crippen LogP contribution < -0.4 is 16.0 Å². The summed E-state index contributed by atoms with van der Waals surface area (Å²) < 4.78 is 39.4. The highest BCUT2D eigenvalue weighted by atomic mass is 19.4. The van der Waals surface area contributed by atoms with E-state index in [1.807, 2.05) is 0 Å². The zero-order valence-corrected chi connectivity index (χ0v) is 16.8. The summed E-state index contributed by atoms with van der Waals surface area (Å²) in [5.74, 6) is 0.0602. The molecule has 1 aromatic carbocycles. The number of hydrogen-bond acceptors (Lipinski definition) is 5. The molecule has 1 unspecified atom stereocenters. The topological polar surface area (TPSA) is 104 Å². The van der Waals surface area contributed by atoms with Gasteiger partial charge in [0.05, 0.1) is 41.0 Å². The molecule has 4 rings (SSSR count). The number of hydrogen-bond donors (Lipinski definition) is 3. The van der Waals surface area contributed by atoms with Crippen LogP contribution in [0.2, 0.25) is 0 Å². The van der Waals surface area contributed by atoms with Crippen LogP contribution in [0.4, 0.5) is 35.2 Å². The van der Waals surface area contributed by atoms with E-state index in [1.54, 1.807) is 18.3 Å². The fourth-order valence-electron chi connectivity index (χ4n) is 3.46. The maximum absolute atomic E-state index is 13.1. The Kier molecular flexibility index (Phi) is 5.70. The van der Waals surface area contributed by atoms with Gasteiger partial charge >= 0.3 is 12.2 Å². The summed E-state index contributed by atoms with van der Waals surface area (Å²) in [6, 6.07) is 9.86. The SMILES string of the molecule is Nc1ccc(-c2cccc(C(F)(F)F)c2)nc1N(C(=O)Nc1cccnc1)C1CC[C@H]1O. The molecule has 2 amide bonds. The molecule has 7 nitrogen and oxygen atoms in total. The molecular weight excluding hydrogens is 423 g/mol. The monoisotopic (exact) mass is 443 g/mol. The van der Waals surface area contributed by atoms with Crippen molar-refractivity contribution < 1.29 is 23.1 Å². The molecule has 0 radical (unpaired) electrons. The quantitative estimate of drug-likeness (QED) is 0.558. The summed E-state index contributed by atoms with van der Waals surface area (Å²) in [7, 11) is 0. The molecule has 4 N–H and O–H groups in total. The highest BCUT2D eigenvalue weighted by molar-refractivity contribution is 6.03. The fraction of sp³-hybridized carbons (Fsp3) is 0.227. The van der Waals surface area contributed by atoms with Crippen molar-refractivity contribution in [3.8, 4) is 11.3 Å². The second kappa shape index (κ2) is 8.46.